The molecular weight excluding hydrogens is 473 g/mol. The lowest BCUT2D eigenvalue weighted by Crippen LogP contribution is -2.44. The molecule has 0 radical (unpaired) electrons. The molecule has 1 fully saturated rings. The summed E-state index contributed by atoms with van der Waals surface area (Å²) in [5, 5.41) is 0. The molecule has 0 bridgehead atoms. The van der Waals surface area contributed by atoms with Gasteiger partial charge in [-0.1, -0.05) is 72.3 Å². The summed E-state index contributed by atoms with van der Waals surface area (Å²) in [5.41, 5.74) is 0.184. The fourth-order valence-corrected chi connectivity index (χ4v) is 6.84. The van der Waals surface area contributed by atoms with Gasteiger partial charge in [0.25, 0.3) is 0 Å². The van der Waals surface area contributed by atoms with E-state index in [-0.39, 0.29) is 29.5 Å². The van der Waals surface area contributed by atoms with Gasteiger partial charge in [0.05, 0.1) is 4.90 Å². The fraction of sp³-hybridized carbons (Fsp3) is 0.296. The molecule has 0 N–H and O–H groups in total. The van der Waals surface area contributed by atoms with Crippen molar-refractivity contribution in [1.29, 1.82) is 0 Å². The standard InChI is InChI=1S/C27H25F3N2O2S/c1-19-11-13-22(14-12-19)35(33,34)32-17-15-21(16-18-32)26(20-7-3-2-4-8-20)24-10-6-5-9-23(24)25(31-26)27(28,29)30/h2-14,21H,15-18H2,1H3/t26-/m1/s1. The van der Waals surface area contributed by atoms with Gasteiger partial charge >= 0.3 is 6.18 Å². The highest BCUT2D eigenvalue weighted by atomic mass is 32.2. The quantitative estimate of drug-likeness (QED) is 0.463. The maximum atomic E-state index is 14.1. The Morgan fingerprint density at radius 1 is 0.886 bits per heavy atom. The Morgan fingerprint density at radius 3 is 2.11 bits per heavy atom. The van der Waals surface area contributed by atoms with Gasteiger partial charge in [-0.3, -0.25) is 4.99 Å². The van der Waals surface area contributed by atoms with E-state index in [0.717, 1.165) is 5.56 Å². The summed E-state index contributed by atoms with van der Waals surface area (Å²) in [6.07, 6.45) is -3.81. The highest BCUT2D eigenvalue weighted by Gasteiger charge is 2.53. The number of alkyl halides is 3. The molecule has 0 aliphatic carbocycles. The number of rotatable bonds is 4. The maximum absolute atomic E-state index is 14.1. The number of aryl methyl sites for hydroxylation is 1. The number of hydrogen-bond acceptors (Lipinski definition) is 3. The van der Waals surface area contributed by atoms with Gasteiger partial charge in [0, 0.05) is 18.7 Å². The lowest BCUT2D eigenvalue weighted by Gasteiger charge is -2.41. The van der Waals surface area contributed by atoms with E-state index in [1.54, 1.807) is 54.6 Å². The van der Waals surface area contributed by atoms with Crippen LogP contribution in [0.15, 0.2) is 88.8 Å². The van der Waals surface area contributed by atoms with Gasteiger partial charge < -0.3 is 0 Å². The predicted octanol–water partition coefficient (Wildman–Crippen LogP) is 5.70. The molecule has 0 unspecified atom stereocenters. The summed E-state index contributed by atoms with van der Waals surface area (Å²) in [6.45, 7) is 2.32. The van der Waals surface area contributed by atoms with Crippen molar-refractivity contribution in [2.75, 3.05) is 13.1 Å². The second kappa shape index (κ2) is 8.60. The van der Waals surface area contributed by atoms with Crippen molar-refractivity contribution in [3.05, 3.63) is 101 Å². The van der Waals surface area contributed by atoms with Gasteiger partial charge in [-0.15, -0.1) is 0 Å². The minimum absolute atomic E-state index is 0.0959. The van der Waals surface area contributed by atoms with Gasteiger partial charge in [0.15, 0.2) is 0 Å². The summed E-state index contributed by atoms with van der Waals surface area (Å²) < 4.78 is 70.1. The minimum Gasteiger partial charge on any atom is -0.263 e. The average Bonchev–Trinajstić information content (AvgIpc) is 3.22. The number of benzene rings is 3. The number of hydrogen-bond donors (Lipinski definition) is 0. The number of aliphatic imine (C=N–C) groups is 1. The molecule has 4 nitrogen and oxygen atoms in total. The Balaban J connectivity index is 1.54. The summed E-state index contributed by atoms with van der Waals surface area (Å²) in [6, 6.07) is 22.3. The van der Waals surface area contributed by atoms with Crippen LogP contribution in [0.3, 0.4) is 0 Å². The topological polar surface area (TPSA) is 49.7 Å². The zero-order valence-corrected chi connectivity index (χ0v) is 20.0. The number of fused-ring (bicyclic) bond motifs is 1. The number of halogens is 3. The molecule has 1 atom stereocenters. The Hall–Kier alpha value is -2.97. The third kappa shape index (κ3) is 3.98. The van der Waals surface area contributed by atoms with Gasteiger partial charge in [-0.25, -0.2) is 8.42 Å². The number of sulfonamides is 1. The first-order chi connectivity index (χ1) is 16.6. The van der Waals surface area contributed by atoms with Crippen LogP contribution >= 0.6 is 0 Å². The molecule has 3 aromatic rings. The van der Waals surface area contributed by atoms with Crippen molar-refractivity contribution < 1.29 is 21.6 Å². The Labute approximate surface area is 203 Å². The molecule has 1 saturated heterocycles. The molecule has 0 saturated carbocycles. The second-order valence-corrected chi connectivity index (χ2v) is 11.1. The van der Waals surface area contributed by atoms with E-state index >= 15 is 0 Å². The van der Waals surface area contributed by atoms with Crippen LogP contribution in [0.5, 0.6) is 0 Å². The summed E-state index contributed by atoms with van der Waals surface area (Å²) >= 11 is 0. The van der Waals surface area contributed by atoms with Gasteiger partial charge in [0.2, 0.25) is 10.0 Å². The third-order valence-electron chi connectivity index (χ3n) is 7.07. The van der Waals surface area contributed by atoms with Crippen LogP contribution < -0.4 is 0 Å². The predicted molar refractivity (Wildman–Crippen MR) is 129 cm³/mol. The molecule has 2 aliphatic rings. The van der Waals surface area contributed by atoms with E-state index in [9.17, 15) is 21.6 Å². The first kappa shape index (κ1) is 23.8. The van der Waals surface area contributed by atoms with E-state index < -0.39 is 27.5 Å². The zero-order valence-electron chi connectivity index (χ0n) is 19.2. The van der Waals surface area contributed by atoms with Crippen molar-refractivity contribution in [2.45, 2.75) is 36.4 Å². The molecule has 3 aromatic carbocycles. The average molecular weight is 499 g/mol. The highest BCUT2D eigenvalue weighted by molar-refractivity contribution is 7.89. The van der Waals surface area contributed by atoms with Crippen LogP contribution in [0.2, 0.25) is 0 Å². The lowest BCUT2D eigenvalue weighted by atomic mass is 9.70. The lowest BCUT2D eigenvalue weighted by molar-refractivity contribution is -0.0583. The van der Waals surface area contributed by atoms with E-state index in [1.165, 1.54) is 10.4 Å². The smallest absolute Gasteiger partial charge is 0.263 e. The molecule has 2 heterocycles. The van der Waals surface area contributed by atoms with Crippen LogP contribution in [0.4, 0.5) is 13.2 Å². The SMILES string of the molecule is Cc1ccc(S(=O)(=O)N2CCC([C@@]3(c4ccccc4)N=C(C(F)(F)F)c4ccccc43)CC2)cc1. The molecule has 0 aromatic heterocycles. The van der Waals surface area contributed by atoms with E-state index in [2.05, 4.69) is 4.99 Å². The largest absolute Gasteiger partial charge is 0.433 e. The first-order valence-electron chi connectivity index (χ1n) is 11.5. The highest BCUT2D eigenvalue weighted by Crippen LogP contribution is 2.52. The molecule has 8 heteroatoms. The molecule has 5 rings (SSSR count). The Morgan fingerprint density at radius 2 is 1.49 bits per heavy atom. The van der Waals surface area contributed by atoms with Crippen molar-refractivity contribution in [2.24, 2.45) is 10.9 Å². The molecule has 182 valence electrons. The number of nitrogens with zero attached hydrogens (tertiary/aromatic N) is 2. The third-order valence-corrected chi connectivity index (χ3v) is 8.98. The van der Waals surface area contributed by atoms with Crippen molar-refractivity contribution >= 4 is 15.7 Å². The van der Waals surface area contributed by atoms with E-state index in [0.29, 0.717) is 24.0 Å². The van der Waals surface area contributed by atoms with E-state index in [4.69, 9.17) is 0 Å². The van der Waals surface area contributed by atoms with Gasteiger partial charge in [-0.05, 0) is 48.9 Å². The maximum Gasteiger partial charge on any atom is 0.433 e. The van der Waals surface area contributed by atoms with Crippen LogP contribution in [-0.4, -0.2) is 37.7 Å². The molecular formula is C27H25F3N2O2S. The van der Waals surface area contributed by atoms with Crippen molar-refractivity contribution in [3.63, 3.8) is 0 Å². The first-order valence-corrected chi connectivity index (χ1v) is 13.0. The molecule has 2 aliphatic heterocycles. The van der Waals surface area contributed by atoms with Gasteiger partial charge in [-0.2, -0.15) is 17.5 Å². The molecule has 35 heavy (non-hydrogen) atoms. The van der Waals surface area contributed by atoms with Gasteiger partial charge in [0.1, 0.15) is 11.3 Å². The molecule has 0 spiro atoms. The second-order valence-electron chi connectivity index (χ2n) is 9.13. The molecule has 0 amide bonds. The van der Waals surface area contributed by atoms with Crippen LogP contribution in [0.25, 0.3) is 0 Å². The number of piperidine rings is 1. The monoisotopic (exact) mass is 498 g/mol. The van der Waals surface area contributed by atoms with Crippen LogP contribution in [-0.2, 0) is 15.6 Å². The Bertz CT molecular complexity index is 1360. The summed E-state index contributed by atoms with van der Waals surface area (Å²) in [4.78, 5) is 4.66. The minimum atomic E-state index is -4.60. The fourth-order valence-electron chi connectivity index (χ4n) is 5.37. The summed E-state index contributed by atoms with van der Waals surface area (Å²) in [7, 11) is -3.69. The zero-order chi connectivity index (χ0) is 24.8. The summed E-state index contributed by atoms with van der Waals surface area (Å²) in [5.74, 6) is -0.296. The van der Waals surface area contributed by atoms with Crippen LogP contribution in [0, 0.1) is 12.8 Å². The Kier molecular flexibility index (Phi) is 5.84. The van der Waals surface area contributed by atoms with Crippen molar-refractivity contribution in [1.82, 2.24) is 4.31 Å². The van der Waals surface area contributed by atoms with Crippen molar-refractivity contribution in [3.8, 4) is 0 Å². The van der Waals surface area contributed by atoms with Crippen LogP contribution in [0.1, 0.15) is 35.1 Å². The normalized spacial score (nSPS) is 21.5. The van der Waals surface area contributed by atoms with E-state index in [1.807, 2.05) is 25.1 Å².